The third-order valence-electron chi connectivity index (χ3n) is 4.18. The smallest absolute Gasteiger partial charge is 0.289 e. The molecule has 1 amide bonds. The minimum absolute atomic E-state index is 0.159. The minimum Gasteiger partial charge on any atom is -0.449 e. The second-order valence-electron chi connectivity index (χ2n) is 5.71. The molecule has 3 rings (SSSR count). The molecule has 0 bridgehead atoms. The van der Waals surface area contributed by atoms with Crippen molar-refractivity contribution in [2.24, 2.45) is 5.92 Å². The zero-order valence-electron chi connectivity index (χ0n) is 11.9. The lowest BCUT2D eigenvalue weighted by Crippen LogP contribution is -2.34. The molecule has 4 nitrogen and oxygen atoms in total. The summed E-state index contributed by atoms with van der Waals surface area (Å²) in [7, 11) is 1.74. The van der Waals surface area contributed by atoms with Crippen LogP contribution in [0.25, 0.3) is 11.0 Å². The van der Waals surface area contributed by atoms with E-state index < -0.39 is 0 Å². The molecule has 0 aliphatic heterocycles. The molecule has 2 aromatic rings. The first kappa shape index (κ1) is 14.4. The van der Waals surface area contributed by atoms with Crippen LogP contribution in [0.2, 0.25) is 5.02 Å². The Morgan fingerprint density at radius 3 is 2.95 bits per heavy atom. The number of hydrogen-bond acceptors (Lipinski definition) is 3. The van der Waals surface area contributed by atoms with Gasteiger partial charge in [0, 0.05) is 24.9 Å². The highest BCUT2D eigenvalue weighted by molar-refractivity contribution is 6.34. The number of halogens is 1. The monoisotopic (exact) mass is 307 g/mol. The first-order valence-electron chi connectivity index (χ1n) is 7.18. The molecule has 1 saturated carbocycles. The maximum atomic E-state index is 12.4. The van der Waals surface area contributed by atoms with Crippen molar-refractivity contribution in [2.75, 3.05) is 13.6 Å². The third-order valence-corrected chi connectivity index (χ3v) is 4.48. The van der Waals surface area contributed by atoms with Gasteiger partial charge in [-0.3, -0.25) is 4.79 Å². The van der Waals surface area contributed by atoms with Crippen molar-refractivity contribution in [1.82, 2.24) is 4.90 Å². The molecule has 0 radical (unpaired) electrons. The Balaban J connectivity index is 1.78. The van der Waals surface area contributed by atoms with E-state index in [1.54, 1.807) is 24.1 Å². The number of amides is 1. The lowest BCUT2D eigenvalue weighted by Gasteiger charge is -2.22. The highest BCUT2D eigenvalue weighted by atomic mass is 35.5. The Morgan fingerprint density at radius 1 is 1.48 bits per heavy atom. The Morgan fingerprint density at radius 2 is 2.29 bits per heavy atom. The zero-order chi connectivity index (χ0) is 15.0. The van der Waals surface area contributed by atoms with Crippen LogP contribution in [0.5, 0.6) is 0 Å². The number of hydrogen-bond donors (Lipinski definition) is 1. The van der Waals surface area contributed by atoms with Gasteiger partial charge in [-0.05, 0) is 25.0 Å². The fourth-order valence-corrected chi connectivity index (χ4v) is 3.21. The normalized spacial score (nSPS) is 21.9. The van der Waals surface area contributed by atoms with E-state index in [9.17, 15) is 9.90 Å². The van der Waals surface area contributed by atoms with E-state index in [1.165, 1.54) is 0 Å². The van der Waals surface area contributed by atoms with E-state index in [2.05, 4.69) is 0 Å². The molecule has 1 aliphatic carbocycles. The first-order chi connectivity index (χ1) is 10.1. The average molecular weight is 308 g/mol. The topological polar surface area (TPSA) is 53.7 Å². The average Bonchev–Trinajstić information content (AvgIpc) is 3.06. The van der Waals surface area contributed by atoms with E-state index in [4.69, 9.17) is 16.0 Å². The number of para-hydroxylation sites is 1. The number of benzene rings is 1. The predicted octanol–water partition coefficient (Wildman–Crippen LogP) is 3.32. The standard InChI is InChI=1S/C16H18ClNO3/c1-18(9-11-5-3-7-13(11)19)16(20)14-8-10-4-2-6-12(17)15(10)21-14/h2,4,6,8,11,13,19H,3,5,7,9H2,1H3. The quantitative estimate of drug-likeness (QED) is 0.946. The Labute approximate surface area is 128 Å². The molecule has 2 atom stereocenters. The SMILES string of the molecule is CN(CC1CCCC1O)C(=O)c1cc2cccc(Cl)c2o1. The van der Waals surface area contributed by atoms with Gasteiger partial charge in [0.25, 0.3) is 5.91 Å². The summed E-state index contributed by atoms with van der Waals surface area (Å²) < 4.78 is 5.59. The molecule has 2 unspecified atom stereocenters. The molecule has 21 heavy (non-hydrogen) atoms. The van der Waals surface area contributed by atoms with Crippen molar-refractivity contribution in [1.29, 1.82) is 0 Å². The van der Waals surface area contributed by atoms with Gasteiger partial charge in [-0.1, -0.05) is 30.2 Å². The maximum absolute atomic E-state index is 12.4. The first-order valence-corrected chi connectivity index (χ1v) is 7.55. The number of carbonyl (C=O) groups is 1. The molecule has 0 spiro atoms. The maximum Gasteiger partial charge on any atom is 0.289 e. The summed E-state index contributed by atoms with van der Waals surface area (Å²) in [6.07, 6.45) is 2.51. The summed E-state index contributed by atoms with van der Waals surface area (Å²) >= 11 is 6.06. The molecule has 1 aromatic heterocycles. The van der Waals surface area contributed by atoms with Gasteiger partial charge in [0.05, 0.1) is 11.1 Å². The second-order valence-corrected chi connectivity index (χ2v) is 6.12. The molecule has 1 fully saturated rings. The lowest BCUT2D eigenvalue weighted by molar-refractivity contribution is 0.0667. The van der Waals surface area contributed by atoms with Gasteiger partial charge in [0.1, 0.15) is 0 Å². The molecule has 1 aromatic carbocycles. The van der Waals surface area contributed by atoms with Crippen LogP contribution < -0.4 is 0 Å². The predicted molar refractivity (Wildman–Crippen MR) is 81.5 cm³/mol. The van der Waals surface area contributed by atoms with E-state index in [0.29, 0.717) is 17.2 Å². The van der Waals surface area contributed by atoms with E-state index >= 15 is 0 Å². The molecule has 1 heterocycles. The highest BCUT2D eigenvalue weighted by Gasteiger charge is 2.28. The molecule has 5 heteroatoms. The van der Waals surface area contributed by atoms with Gasteiger partial charge in [-0.25, -0.2) is 0 Å². The number of aliphatic hydroxyl groups is 1. The Hall–Kier alpha value is -1.52. The van der Waals surface area contributed by atoms with Crippen molar-refractivity contribution in [3.8, 4) is 0 Å². The van der Waals surface area contributed by atoms with Gasteiger partial charge >= 0.3 is 0 Å². The van der Waals surface area contributed by atoms with Crippen LogP contribution in [0.1, 0.15) is 29.8 Å². The number of aliphatic hydroxyl groups excluding tert-OH is 1. The number of carbonyl (C=O) groups excluding carboxylic acids is 1. The van der Waals surface area contributed by atoms with Gasteiger partial charge in [0.2, 0.25) is 0 Å². The third kappa shape index (κ3) is 2.78. The second kappa shape index (κ2) is 5.70. The Kier molecular flexibility index (Phi) is 3.91. The lowest BCUT2D eigenvalue weighted by atomic mass is 10.1. The van der Waals surface area contributed by atoms with Crippen molar-refractivity contribution < 1.29 is 14.3 Å². The van der Waals surface area contributed by atoms with Crippen LogP contribution in [-0.2, 0) is 0 Å². The zero-order valence-corrected chi connectivity index (χ0v) is 12.6. The molecular weight excluding hydrogens is 290 g/mol. The summed E-state index contributed by atoms with van der Waals surface area (Å²) in [5.41, 5.74) is 0.539. The number of fused-ring (bicyclic) bond motifs is 1. The number of furan rings is 1. The summed E-state index contributed by atoms with van der Waals surface area (Å²) in [5, 5.41) is 11.2. The van der Waals surface area contributed by atoms with Gasteiger partial charge < -0.3 is 14.4 Å². The van der Waals surface area contributed by atoms with Gasteiger partial charge in [-0.2, -0.15) is 0 Å². The highest BCUT2D eigenvalue weighted by Crippen LogP contribution is 2.29. The van der Waals surface area contributed by atoms with Crippen molar-refractivity contribution in [3.05, 3.63) is 35.0 Å². The summed E-state index contributed by atoms with van der Waals surface area (Å²) in [5.74, 6) is 0.265. The van der Waals surface area contributed by atoms with E-state index in [1.807, 2.05) is 12.1 Å². The molecular formula is C16H18ClNO3. The van der Waals surface area contributed by atoms with Gasteiger partial charge in [0.15, 0.2) is 11.3 Å². The van der Waals surface area contributed by atoms with Crippen LogP contribution in [0.4, 0.5) is 0 Å². The fraction of sp³-hybridized carbons (Fsp3) is 0.438. The van der Waals surface area contributed by atoms with Crippen LogP contribution in [-0.4, -0.2) is 35.6 Å². The van der Waals surface area contributed by atoms with Gasteiger partial charge in [-0.15, -0.1) is 0 Å². The van der Waals surface area contributed by atoms with Crippen LogP contribution in [0, 0.1) is 5.92 Å². The van der Waals surface area contributed by atoms with Crippen molar-refractivity contribution in [2.45, 2.75) is 25.4 Å². The van der Waals surface area contributed by atoms with E-state index in [0.717, 1.165) is 24.6 Å². The van der Waals surface area contributed by atoms with Crippen molar-refractivity contribution >= 4 is 28.5 Å². The molecule has 112 valence electrons. The van der Waals surface area contributed by atoms with Crippen molar-refractivity contribution in [3.63, 3.8) is 0 Å². The fourth-order valence-electron chi connectivity index (χ4n) is 2.99. The van der Waals surface area contributed by atoms with Crippen LogP contribution in [0.15, 0.2) is 28.7 Å². The Bertz CT molecular complexity index is 667. The summed E-state index contributed by atoms with van der Waals surface area (Å²) in [6, 6.07) is 7.14. The van der Waals surface area contributed by atoms with E-state index in [-0.39, 0.29) is 23.7 Å². The summed E-state index contributed by atoms with van der Waals surface area (Å²) in [6.45, 7) is 0.546. The van der Waals surface area contributed by atoms with Crippen LogP contribution in [0.3, 0.4) is 0 Å². The summed E-state index contributed by atoms with van der Waals surface area (Å²) in [4.78, 5) is 14.0. The molecule has 1 N–H and O–H groups in total. The minimum atomic E-state index is -0.301. The molecule has 1 aliphatic rings. The van der Waals surface area contributed by atoms with Crippen LogP contribution >= 0.6 is 11.6 Å². The number of nitrogens with zero attached hydrogens (tertiary/aromatic N) is 1. The largest absolute Gasteiger partial charge is 0.449 e. The number of rotatable bonds is 3. The molecule has 0 saturated heterocycles.